The van der Waals surface area contributed by atoms with Gasteiger partial charge >= 0.3 is 18.4 Å². The Bertz CT molecular complexity index is 1250. The maximum atomic E-state index is 14.9. The lowest BCUT2D eigenvalue weighted by Crippen LogP contribution is -2.49. The van der Waals surface area contributed by atoms with E-state index in [1.807, 2.05) is 0 Å². The lowest BCUT2D eigenvalue weighted by molar-refractivity contribution is -0.143. The highest BCUT2D eigenvalue weighted by Crippen LogP contribution is 2.40. The first-order valence-electron chi connectivity index (χ1n) is 12.7. The van der Waals surface area contributed by atoms with Gasteiger partial charge in [-0.2, -0.15) is 26.3 Å². The minimum Gasteiger partial charge on any atom is -0.444 e. The lowest BCUT2D eigenvalue weighted by atomic mass is 9.79. The van der Waals surface area contributed by atoms with Crippen LogP contribution in [0.25, 0.3) is 0 Å². The minimum absolute atomic E-state index is 0.00221. The highest BCUT2D eigenvalue weighted by Gasteiger charge is 2.42. The Morgan fingerprint density at radius 2 is 1.51 bits per heavy atom. The number of benzene rings is 2. The van der Waals surface area contributed by atoms with Gasteiger partial charge < -0.3 is 14.5 Å². The average molecular weight is 595 g/mol. The number of likely N-dealkylation sites (tertiary alicyclic amines) is 1. The van der Waals surface area contributed by atoms with Gasteiger partial charge in [0.25, 0.3) is 0 Å². The molecule has 2 aromatic rings. The second-order valence-electron chi connectivity index (χ2n) is 11.1. The fourth-order valence-corrected chi connectivity index (χ4v) is 4.75. The quantitative estimate of drug-likeness (QED) is 0.344. The molecule has 2 amide bonds. The largest absolute Gasteiger partial charge is 0.444 e. The van der Waals surface area contributed by atoms with Gasteiger partial charge in [-0.25, -0.2) is 13.6 Å². The topological polar surface area (TPSA) is 49.9 Å². The maximum Gasteiger partial charge on any atom is 0.416 e. The van der Waals surface area contributed by atoms with Crippen molar-refractivity contribution in [1.82, 2.24) is 9.80 Å². The van der Waals surface area contributed by atoms with E-state index in [1.54, 1.807) is 20.8 Å². The number of nitrogens with zero attached hydrogens (tertiary/aromatic N) is 2. The van der Waals surface area contributed by atoms with Crippen molar-refractivity contribution in [2.24, 2.45) is 5.92 Å². The fraction of sp³-hybridized carbons (Fsp3) is 0.500. The number of alkyl halides is 6. The van der Waals surface area contributed by atoms with E-state index in [2.05, 4.69) is 0 Å². The number of hydrogen-bond acceptors (Lipinski definition) is 3. The van der Waals surface area contributed by atoms with E-state index < -0.39 is 76.2 Å². The van der Waals surface area contributed by atoms with Crippen molar-refractivity contribution in [1.29, 1.82) is 0 Å². The summed E-state index contributed by atoms with van der Waals surface area (Å²) in [4.78, 5) is 28.7. The van der Waals surface area contributed by atoms with Crippen LogP contribution in [-0.2, 0) is 21.9 Å². The van der Waals surface area contributed by atoms with Gasteiger partial charge in [0, 0.05) is 38.0 Å². The molecule has 1 fully saturated rings. The van der Waals surface area contributed by atoms with E-state index in [1.165, 1.54) is 18.9 Å². The Hall–Kier alpha value is -3.38. The molecule has 0 aliphatic carbocycles. The summed E-state index contributed by atoms with van der Waals surface area (Å²) in [6, 6.07) is 2.60. The van der Waals surface area contributed by atoms with Gasteiger partial charge in [-0.05, 0) is 69.5 Å². The fourth-order valence-electron chi connectivity index (χ4n) is 4.75. The molecule has 3 atom stereocenters. The third-order valence-corrected chi connectivity index (χ3v) is 6.96. The van der Waals surface area contributed by atoms with E-state index in [9.17, 15) is 44.7 Å². The highest BCUT2D eigenvalue weighted by atomic mass is 19.4. The number of piperidine rings is 1. The zero-order chi connectivity index (χ0) is 31.1. The number of carbonyl (C=O) groups excluding carboxylic acids is 2. The van der Waals surface area contributed by atoms with Crippen molar-refractivity contribution in [3.05, 3.63) is 70.3 Å². The number of amides is 2. The molecule has 1 heterocycles. The van der Waals surface area contributed by atoms with Crippen LogP contribution in [0.5, 0.6) is 0 Å². The standard InChI is InChI=1S/C28H30F8N2O3/c1-15(16-10-17(27(31,32)33)12-18(11-16)28(34,35)36)37(5)24(39)21-8-9-38(25(40)41-26(2,3)4)14-22(21)20-7-6-19(29)13-23(20)30/h6-7,10-13,15,21-22H,8-9,14H2,1-5H3/t15-,21+,22-/m1/s1. The van der Waals surface area contributed by atoms with Crippen LogP contribution in [-0.4, -0.2) is 47.5 Å². The molecule has 1 aliphatic rings. The van der Waals surface area contributed by atoms with Crippen molar-refractivity contribution in [2.45, 2.75) is 64.0 Å². The first-order chi connectivity index (χ1) is 18.7. The molecule has 226 valence electrons. The van der Waals surface area contributed by atoms with Crippen molar-refractivity contribution in [3.8, 4) is 0 Å². The maximum absolute atomic E-state index is 14.9. The van der Waals surface area contributed by atoms with E-state index in [-0.39, 0.29) is 31.1 Å². The summed E-state index contributed by atoms with van der Waals surface area (Å²) in [6.07, 6.45) is -10.9. The van der Waals surface area contributed by atoms with E-state index in [4.69, 9.17) is 4.74 Å². The zero-order valence-corrected chi connectivity index (χ0v) is 23.0. The molecule has 2 aromatic carbocycles. The summed E-state index contributed by atoms with van der Waals surface area (Å²) in [5.74, 6) is -4.58. The summed E-state index contributed by atoms with van der Waals surface area (Å²) in [6.45, 7) is 6.02. The summed E-state index contributed by atoms with van der Waals surface area (Å²) >= 11 is 0. The highest BCUT2D eigenvalue weighted by molar-refractivity contribution is 5.81. The van der Waals surface area contributed by atoms with Crippen LogP contribution in [0.4, 0.5) is 39.9 Å². The van der Waals surface area contributed by atoms with Crippen LogP contribution in [0, 0.1) is 17.6 Å². The van der Waals surface area contributed by atoms with Gasteiger partial charge in [0.05, 0.1) is 17.2 Å². The zero-order valence-electron chi connectivity index (χ0n) is 23.0. The molecule has 5 nitrogen and oxygen atoms in total. The number of halogens is 8. The molecule has 0 aromatic heterocycles. The number of hydrogen-bond donors (Lipinski definition) is 0. The van der Waals surface area contributed by atoms with Crippen LogP contribution in [0.15, 0.2) is 36.4 Å². The van der Waals surface area contributed by atoms with E-state index >= 15 is 0 Å². The van der Waals surface area contributed by atoms with Crippen LogP contribution in [0.2, 0.25) is 0 Å². The average Bonchev–Trinajstić information content (AvgIpc) is 2.84. The van der Waals surface area contributed by atoms with Gasteiger partial charge in [0.15, 0.2) is 0 Å². The van der Waals surface area contributed by atoms with Gasteiger partial charge in [-0.15, -0.1) is 0 Å². The Kier molecular flexibility index (Phi) is 9.00. The molecule has 3 rings (SSSR count). The first-order valence-corrected chi connectivity index (χ1v) is 12.7. The van der Waals surface area contributed by atoms with Crippen LogP contribution in [0.1, 0.15) is 68.3 Å². The summed E-state index contributed by atoms with van der Waals surface area (Å²) in [5.41, 5.74) is -4.37. The van der Waals surface area contributed by atoms with Crippen molar-refractivity contribution in [2.75, 3.05) is 20.1 Å². The Labute approximate surface area is 232 Å². The van der Waals surface area contributed by atoms with Crippen LogP contribution in [0.3, 0.4) is 0 Å². The van der Waals surface area contributed by atoms with E-state index in [0.29, 0.717) is 18.2 Å². The second-order valence-corrected chi connectivity index (χ2v) is 11.1. The Balaban J connectivity index is 1.97. The second kappa shape index (κ2) is 11.5. The van der Waals surface area contributed by atoms with Crippen LogP contribution >= 0.6 is 0 Å². The molecule has 13 heteroatoms. The van der Waals surface area contributed by atoms with Gasteiger partial charge in [0.2, 0.25) is 5.91 Å². The van der Waals surface area contributed by atoms with Crippen LogP contribution < -0.4 is 0 Å². The molecular weight excluding hydrogens is 564 g/mol. The smallest absolute Gasteiger partial charge is 0.416 e. The lowest BCUT2D eigenvalue weighted by Gasteiger charge is -2.41. The summed E-state index contributed by atoms with van der Waals surface area (Å²) in [7, 11) is 1.22. The monoisotopic (exact) mass is 594 g/mol. The Morgan fingerprint density at radius 3 is 2.00 bits per heavy atom. The third kappa shape index (κ3) is 7.68. The minimum atomic E-state index is -5.07. The molecule has 0 radical (unpaired) electrons. The molecule has 0 N–H and O–H groups in total. The van der Waals surface area contributed by atoms with E-state index in [0.717, 1.165) is 17.0 Å². The summed E-state index contributed by atoms with van der Waals surface area (Å²) < 4.78 is 114. The Morgan fingerprint density at radius 1 is 0.951 bits per heavy atom. The number of rotatable bonds is 4. The predicted molar refractivity (Wildman–Crippen MR) is 133 cm³/mol. The van der Waals surface area contributed by atoms with Crippen molar-refractivity contribution in [3.63, 3.8) is 0 Å². The normalized spacial score (nSPS) is 19.1. The van der Waals surface area contributed by atoms with Crippen molar-refractivity contribution >= 4 is 12.0 Å². The molecule has 41 heavy (non-hydrogen) atoms. The molecular formula is C28H30F8N2O3. The number of ether oxygens (including phenoxy) is 1. The SMILES string of the molecule is C[C@H](c1cc(C(F)(F)F)cc(C(F)(F)F)c1)N(C)C(=O)[C@H]1CCN(C(=O)OC(C)(C)C)C[C@@H]1c1ccc(F)cc1F. The van der Waals surface area contributed by atoms with Gasteiger partial charge in [-0.1, -0.05) is 6.07 Å². The molecule has 0 spiro atoms. The molecule has 0 saturated carbocycles. The molecule has 1 saturated heterocycles. The van der Waals surface area contributed by atoms with Gasteiger partial charge in [-0.3, -0.25) is 4.79 Å². The first kappa shape index (κ1) is 32.1. The molecule has 0 unspecified atom stereocenters. The molecule has 0 bridgehead atoms. The van der Waals surface area contributed by atoms with Crippen molar-refractivity contribution < 1.29 is 49.4 Å². The number of carbonyl (C=O) groups is 2. The molecule has 1 aliphatic heterocycles. The third-order valence-electron chi connectivity index (χ3n) is 6.96. The summed E-state index contributed by atoms with van der Waals surface area (Å²) in [5, 5.41) is 0. The predicted octanol–water partition coefficient (Wildman–Crippen LogP) is 7.56. The van der Waals surface area contributed by atoms with Gasteiger partial charge in [0.1, 0.15) is 17.2 Å².